The molecule has 0 bridgehead atoms. The quantitative estimate of drug-likeness (QED) is 0.711. The van der Waals surface area contributed by atoms with Gasteiger partial charge in [-0.25, -0.2) is 4.39 Å². The summed E-state index contributed by atoms with van der Waals surface area (Å²) in [5.74, 6) is 0.0224. The zero-order valence-electron chi connectivity index (χ0n) is 14.4. The average molecular weight is 351 g/mol. The van der Waals surface area contributed by atoms with Crippen LogP contribution in [0, 0.1) is 12.7 Å². The number of nitrogens with zero attached hydrogens (tertiary/aromatic N) is 3. The number of benzene rings is 2. The Labute approximate surface area is 150 Å². The van der Waals surface area contributed by atoms with Crippen molar-refractivity contribution in [1.29, 1.82) is 0 Å². The number of carbonyl (C=O) groups excluding carboxylic acids is 1. The van der Waals surface area contributed by atoms with Crippen molar-refractivity contribution in [2.45, 2.75) is 25.8 Å². The first kappa shape index (κ1) is 16.4. The summed E-state index contributed by atoms with van der Waals surface area (Å²) < 4.78 is 19.7. The highest BCUT2D eigenvalue weighted by Gasteiger charge is 2.35. The van der Waals surface area contributed by atoms with Gasteiger partial charge in [0.1, 0.15) is 11.9 Å². The highest BCUT2D eigenvalue weighted by molar-refractivity contribution is 5.96. The maximum absolute atomic E-state index is 13.9. The number of hydrogen-bond donors (Lipinski definition) is 0. The molecule has 0 saturated carbocycles. The molecule has 26 heavy (non-hydrogen) atoms. The van der Waals surface area contributed by atoms with Crippen LogP contribution in [0.5, 0.6) is 0 Å². The first-order valence-corrected chi connectivity index (χ1v) is 8.60. The summed E-state index contributed by atoms with van der Waals surface area (Å²) in [5.41, 5.74) is 1.87. The third kappa shape index (κ3) is 2.87. The van der Waals surface area contributed by atoms with Crippen LogP contribution in [0.25, 0.3) is 11.5 Å². The van der Waals surface area contributed by atoms with E-state index in [0.29, 0.717) is 18.0 Å². The third-order valence-corrected chi connectivity index (χ3v) is 4.72. The molecule has 0 spiro atoms. The van der Waals surface area contributed by atoms with Crippen molar-refractivity contribution in [3.05, 3.63) is 71.4 Å². The van der Waals surface area contributed by atoms with E-state index in [0.717, 1.165) is 18.4 Å². The molecule has 4 rings (SSSR count). The van der Waals surface area contributed by atoms with Crippen LogP contribution in [0.1, 0.15) is 40.7 Å². The lowest BCUT2D eigenvalue weighted by atomic mass is 10.1. The lowest BCUT2D eigenvalue weighted by Gasteiger charge is -2.22. The molecule has 3 aromatic rings. The van der Waals surface area contributed by atoms with E-state index in [4.69, 9.17) is 4.42 Å². The van der Waals surface area contributed by atoms with Crippen molar-refractivity contribution in [1.82, 2.24) is 15.1 Å². The minimum Gasteiger partial charge on any atom is -0.418 e. The zero-order valence-corrected chi connectivity index (χ0v) is 14.4. The van der Waals surface area contributed by atoms with Crippen LogP contribution >= 0.6 is 0 Å². The Kier molecular flexibility index (Phi) is 4.24. The van der Waals surface area contributed by atoms with Gasteiger partial charge >= 0.3 is 0 Å². The van der Waals surface area contributed by atoms with Crippen LogP contribution in [-0.4, -0.2) is 27.5 Å². The standard InChI is InChI=1S/C20H18FN3O2/c1-13-7-2-3-8-14(13)20(25)24-12-6-11-17(24)19-23-22-18(26-19)15-9-4-5-10-16(15)21/h2-5,7-10,17H,6,11-12H2,1H3. The number of aromatic nitrogens is 2. The number of amides is 1. The van der Waals surface area contributed by atoms with Crippen LogP contribution in [0.4, 0.5) is 4.39 Å². The molecule has 2 aromatic carbocycles. The van der Waals surface area contributed by atoms with Crippen LogP contribution in [0.3, 0.4) is 0 Å². The van der Waals surface area contributed by atoms with Crippen molar-refractivity contribution in [2.24, 2.45) is 0 Å². The maximum Gasteiger partial charge on any atom is 0.254 e. The summed E-state index contributed by atoms with van der Waals surface area (Å²) in [5, 5.41) is 8.07. The van der Waals surface area contributed by atoms with Crippen molar-refractivity contribution in [3.63, 3.8) is 0 Å². The molecule has 1 aliphatic heterocycles. The normalized spacial score (nSPS) is 16.8. The smallest absolute Gasteiger partial charge is 0.254 e. The molecule has 0 N–H and O–H groups in total. The second-order valence-electron chi connectivity index (χ2n) is 6.40. The van der Waals surface area contributed by atoms with E-state index < -0.39 is 5.82 Å². The molecule has 6 heteroatoms. The fourth-order valence-electron chi connectivity index (χ4n) is 3.35. The van der Waals surface area contributed by atoms with Crippen molar-refractivity contribution in [2.75, 3.05) is 6.54 Å². The van der Waals surface area contributed by atoms with Gasteiger partial charge in [0.2, 0.25) is 5.89 Å². The molecule has 1 fully saturated rings. The van der Waals surface area contributed by atoms with Gasteiger partial charge in [0.05, 0.1) is 5.56 Å². The van der Waals surface area contributed by atoms with Gasteiger partial charge in [0.25, 0.3) is 11.8 Å². The van der Waals surface area contributed by atoms with Gasteiger partial charge in [-0.15, -0.1) is 10.2 Å². The predicted molar refractivity (Wildman–Crippen MR) is 93.9 cm³/mol. The van der Waals surface area contributed by atoms with Crippen LogP contribution in [-0.2, 0) is 0 Å². The molecular formula is C20H18FN3O2. The van der Waals surface area contributed by atoms with Gasteiger partial charge < -0.3 is 9.32 Å². The Morgan fingerprint density at radius 2 is 1.92 bits per heavy atom. The van der Waals surface area contributed by atoms with E-state index in [1.165, 1.54) is 6.07 Å². The monoisotopic (exact) mass is 351 g/mol. The fraction of sp³-hybridized carbons (Fsp3) is 0.250. The lowest BCUT2D eigenvalue weighted by Crippen LogP contribution is -2.31. The summed E-state index contributed by atoms with van der Waals surface area (Å²) in [6.07, 6.45) is 1.61. The van der Waals surface area contributed by atoms with E-state index in [-0.39, 0.29) is 23.4 Å². The topological polar surface area (TPSA) is 59.2 Å². The number of aryl methyl sites for hydroxylation is 1. The number of hydrogen-bond acceptors (Lipinski definition) is 4. The molecule has 0 aliphatic carbocycles. The SMILES string of the molecule is Cc1ccccc1C(=O)N1CCCC1c1nnc(-c2ccccc2F)o1. The zero-order chi connectivity index (χ0) is 18.1. The predicted octanol–water partition coefficient (Wildman–Crippen LogP) is 4.16. The highest BCUT2D eigenvalue weighted by atomic mass is 19.1. The number of carbonyl (C=O) groups is 1. The Balaban J connectivity index is 1.63. The summed E-state index contributed by atoms with van der Waals surface area (Å²) in [7, 11) is 0. The molecule has 5 nitrogen and oxygen atoms in total. The molecule has 1 unspecified atom stereocenters. The third-order valence-electron chi connectivity index (χ3n) is 4.72. The number of rotatable bonds is 3. The van der Waals surface area contributed by atoms with Gasteiger partial charge in [0.15, 0.2) is 0 Å². The Morgan fingerprint density at radius 3 is 2.73 bits per heavy atom. The van der Waals surface area contributed by atoms with Gasteiger partial charge in [-0.2, -0.15) is 0 Å². The molecule has 1 amide bonds. The van der Waals surface area contributed by atoms with Crippen LogP contribution in [0.2, 0.25) is 0 Å². The average Bonchev–Trinajstić information content (AvgIpc) is 3.31. The van der Waals surface area contributed by atoms with Crippen LogP contribution in [0.15, 0.2) is 52.9 Å². The Morgan fingerprint density at radius 1 is 1.15 bits per heavy atom. The molecular weight excluding hydrogens is 333 g/mol. The van der Waals surface area contributed by atoms with E-state index in [1.54, 1.807) is 23.1 Å². The van der Waals surface area contributed by atoms with Gasteiger partial charge in [-0.05, 0) is 43.5 Å². The minimum absolute atomic E-state index is 0.0451. The lowest BCUT2D eigenvalue weighted by molar-refractivity contribution is 0.0715. The second-order valence-corrected chi connectivity index (χ2v) is 6.40. The molecule has 1 aliphatic rings. The molecule has 0 radical (unpaired) electrons. The van der Waals surface area contributed by atoms with E-state index in [9.17, 15) is 9.18 Å². The van der Waals surface area contributed by atoms with E-state index >= 15 is 0 Å². The summed E-state index contributed by atoms with van der Waals surface area (Å²) in [6.45, 7) is 2.55. The number of halogens is 1. The second kappa shape index (κ2) is 6.71. The summed E-state index contributed by atoms with van der Waals surface area (Å²) in [4.78, 5) is 14.7. The summed E-state index contributed by atoms with van der Waals surface area (Å²) >= 11 is 0. The fourth-order valence-corrected chi connectivity index (χ4v) is 3.35. The van der Waals surface area contributed by atoms with Crippen molar-refractivity contribution >= 4 is 5.91 Å². The summed E-state index contributed by atoms with van der Waals surface area (Å²) in [6, 6.07) is 13.5. The minimum atomic E-state index is -0.415. The Hall–Kier alpha value is -3.02. The number of likely N-dealkylation sites (tertiary alicyclic amines) is 1. The van der Waals surface area contributed by atoms with Gasteiger partial charge in [-0.3, -0.25) is 4.79 Å². The first-order chi connectivity index (χ1) is 12.6. The van der Waals surface area contributed by atoms with Crippen molar-refractivity contribution in [3.8, 4) is 11.5 Å². The van der Waals surface area contributed by atoms with E-state index in [2.05, 4.69) is 10.2 Å². The first-order valence-electron chi connectivity index (χ1n) is 8.60. The van der Waals surface area contributed by atoms with Crippen LogP contribution < -0.4 is 0 Å². The molecule has 1 atom stereocenters. The highest BCUT2D eigenvalue weighted by Crippen LogP contribution is 2.34. The van der Waals surface area contributed by atoms with Gasteiger partial charge in [-0.1, -0.05) is 30.3 Å². The molecule has 132 valence electrons. The Bertz CT molecular complexity index is 953. The molecule has 2 heterocycles. The van der Waals surface area contributed by atoms with E-state index in [1.807, 2.05) is 31.2 Å². The van der Waals surface area contributed by atoms with Crippen molar-refractivity contribution < 1.29 is 13.6 Å². The molecule has 1 saturated heterocycles. The maximum atomic E-state index is 13.9. The van der Waals surface area contributed by atoms with Gasteiger partial charge in [0, 0.05) is 12.1 Å². The molecule has 1 aromatic heterocycles. The largest absolute Gasteiger partial charge is 0.418 e.